The Bertz CT molecular complexity index is 475. The number of hydrogen-bond donors (Lipinski definition) is 1. The van der Waals surface area contributed by atoms with E-state index in [0.29, 0.717) is 38.3 Å². The van der Waals surface area contributed by atoms with E-state index in [-0.39, 0.29) is 12.5 Å². The Morgan fingerprint density at radius 3 is 2.60 bits per heavy atom. The molecule has 0 aliphatic carbocycles. The molecule has 0 spiro atoms. The maximum atomic E-state index is 13.2. The Morgan fingerprint density at radius 2 is 2.00 bits per heavy atom. The van der Waals surface area contributed by atoms with E-state index < -0.39 is 17.6 Å². The SMILES string of the molecule is O=C(O)CC(Cc1ccc(F)c(F)c1)N1CCOCC1. The standard InChI is InChI=1S/C14H17F2NO3/c15-12-2-1-10(8-13(12)16)7-11(9-14(18)19)17-3-5-20-6-4-17/h1-2,8,11H,3-7,9H2,(H,18,19). The highest BCUT2D eigenvalue weighted by molar-refractivity contribution is 5.67. The number of carboxylic acid groups (broad SMARTS) is 1. The predicted molar refractivity (Wildman–Crippen MR) is 68.5 cm³/mol. The van der Waals surface area contributed by atoms with Gasteiger partial charge in [-0.15, -0.1) is 0 Å². The molecule has 1 fully saturated rings. The Kier molecular flexibility index (Phi) is 5.03. The summed E-state index contributed by atoms with van der Waals surface area (Å²) in [6, 6.07) is 3.46. The second kappa shape index (κ2) is 6.76. The van der Waals surface area contributed by atoms with Crippen LogP contribution in [-0.4, -0.2) is 48.3 Å². The molecule has 1 aromatic carbocycles. The molecule has 0 amide bonds. The molecule has 1 atom stereocenters. The molecule has 0 bridgehead atoms. The van der Waals surface area contributed by atoms with Gasteiger partial charge < -0.3 is 9.84 Å². The number of rotatable bonds is 5. The van der Waals surface area contributed by atoms with Crippen LogP contribution in [0.25, 0.3) is 0 Å². The molecule has 1 unspecified atom stereocenters. The Labute approximate surface area is 116 Å². The maximum Gasteiger partial charge on any atom is 0.304 e. The van der Waals surface area contributed by atoms with Crippen LogP contribution >= 0.6 is 0 Å². The van der Waals surface area contributed by atoms with E-state index in [4.69, 9.17) is 9.84 Å². The summed E-state index contributed by atoms with van der Waals surface area (Å²) in [5.41, 5.74) is 0.599. The molecule has 0 aromatic heterocycles. The molecule has 1 aliphatic heterocycles. The molecule has 6 heteroatoms. The van der Waals surface area contributed by atoms with Crippen LogP contribution in [-0.2, 0) is 16.0 Å². The Morgan fingerprint density at radius 1 is 1.30 bits per heavy atom. The number of hydrogen-bond acceptors (Lipinski definition) is 3. The van der Waals surface area contributed by atoms with Gasteiger partial charge >= 0.3 is 5.97 Å². The summed E-state index contributed by atoms with van der Waals surface area (Å²) in [6.45, 7) is 2.44. The molecular formula is C14H17F2NO3. The lowest BCUT2D eigenvalue weighted by molar-refractivity contribution is -0.138. The summed E-state index contributed by atoms with van der Waals surface area (Å²) in [5, 5.41) is 9.00. The average Bonchev–Trinajstić information content (AvgIpc) is 2.43. The summed E-state index contributed by atoms with van der Waals surface area (Å²) in [7, 11) is 0. The first kappa shape index (κ1) is 14.9. The lowest BCUT2D eigenvalue weighted by atomic mass is 10.0. The van der Waals surface area contributed by atoms with Gasteiger partial charge in [0.2, 0.25) is 0 Å². The topological polar surface area (TPSA) is 49.8 Å². The van der Waals surface area contributed by atoms with Crippen LogP contribution < -0.4 is 0 Å². The average molecular weight is 285 g/mol. The molecule has 4 nitrogen and oxygen atoms in total. The maximum absolute atomic E-state index is 13.2. The van der Waals surface area contributed by atoms with Crippen molar-refractivity contribution in [3.05, 3.63) is 35.4 Å². The van der Waals surface area contributed by atoms with Crippen molar-refractivity contribution in [1.82, 2.24) is 4.90 Å². The summed E-state index contributed by atoms with van der Waals surface area (Å²) in [5.74, 6) is -2.70. The minimum Gasteiger partial charge on any atom is -0.481 e. The highest BCUT2D eigenvalue weighted by atomic mass is 19.2. The quantitative estimate of drug-likeness (QED) is 0.894. The smallest absolute Gasteiger partial charge is 0.304 e. The zero-order valence-electron chi connectivity index (χ0n) is 11.0. The fraction of sp³-hybridized carbons (Fsp3) is 0.500. The number of halogens is 2. The van der Waals surface area contributed by atoms with Crippen LogP contribution in [0, 0.1) is 11.6 Å². The van der Waals surface area contributed by atoms with Crippen molar-refractivity contribution in [2.45, 2.75) is 18.9 Å². The van der Waals surface area contributed by atoms with E-state index in [1.807, 2.05) is 4.90 Å². The van der Waals surface area contributed by atoms with Crippen molar-refractivity contribution in [3.8, 4) is 0 Å². The van der Waals surface area contributed by atoms with Gasteiger partial charge in [0.1, 0.15) is 0 Å². The van der Waals surface area contributed by atoms with E-state index in [9.17, 15) is 13.6 Å². The number of ether oxygens (including phenoxy) is 1. The van der Waals surface area contributed by atoms with Crippen molar-refractivity contribution in [3.63, 3.8) is 0 Å². The van der Waals surface area contributed by atoms with Crippen LogP contribution in [0.3, 0.4) is 0 Å². The van der Waals surface area contributed by atoms with Gasteiger partial charge in [-0.2, -0.15) is 0 Å². The van der Waals surface area contributed by atoms with Crippen molar-refractivity contribution in [2.24, 2.45) is 0 Å². The first-order valence-electron chi connectivity index (χ1n) is 6.54. The molecule has 0 saturated carbocycles. The van der Waals surface area contributed by atoms with Gasteiger partial charge in [0.05, 0.1) is 19.6 Å². The monoisotopic (exact) mass is 285 g/mol. The third-order valence-electron chi connectivity index (χ3n) is 3.43. The molecule has 1 aromatic rings. The molecule has 1 aliphatic rings. The van der Waals surface area contributed by atoms with E-state index in [1.165, 1.54) is 6.07 Å². The fourth-order valence-corrected chi connectivity index (χ4v) is 2.41. The summed E-state index contributed by atoms with van der Waals surface area (Å²) in [4.78, 5) is 13.0. The first-order valence-corrected chi connectivity index (χ1v) is 6.54. The third-order valence-corrected chi connectivity index (χ3v) is 3.43. The van der Waals surface area contributed by atoms with E-state index in [0.717, 1.165) is 12.1 Å². The van der Waals surface area contributed by atoms with Gasteiger partial charge in [-0.05, 0) is 24.1 Å². The van der Waals surface area contributed by atoms with Crippen molar-refractivity contribution >= 4 is 5.97 Å². The Balaban J connectivity index is 2.09. The molecule has 1 saturated heterocycles. The van der Waals surface area contributed by atoms with Crippen molar-refractivity contribution in [2.75, 3.05) is 26.3 Å². The van der Waals surface area contributed by atoms with Crippen LogP contribution in [0.4, 0.5) is 8.78 Å². The number of nitrogens with zero attached hydrogens (tertiary/aromatic N) is 1. The van der Waals surface area contributed by atoms with Gasteiger partial charge in [-0.1, -0.05) is 6.07 Å². The van der Waals surface area contributed by atoms with Crippen LogP contribution in [0.5, 0.6) is 0 Å². The highest BCUT2D eigenvalue weighted by Gasteiger charge is 2.24. The van der Waals surface area contributed by atoms with Crippen LogP contribution in [0.1, 0.15) is 12.0 Å². The molecule has 0 radical (unpaired) electrons. The van der Waals surface area contributed by atoms with E-state index in [2.05, 4.69) is 0 Å². The lowest BCUT2D eigenvalue weighted by Crippen LogP contribution is -2.45. The molecule has 2 rings (SSSR count). The van der Waals surface area contributed by atoms with Crippen molar-refractivity contribution < 1.29 is 23.4 Å². The number of carbonyl (C=O) groups is 1. The normalized spacial score (nSPS) is 17.9. The zero-order valence-corrected chi connectivity index (χ0v) is 11.0. The third kappa shape index (κ3) is 3.98. The largest absolute Gasteiger partial charge is 0.481 e. The number of carboxylic acids is 1. The molecule has 20 heavy (non-hydrogen) atoms. The fourth-order valence-electron chi connectivity index (χ4n) is 2.41. The van der Waals surface area contributed by atoms with Crippen LogP contribution in [0.2, 0.25) is 0 Å². The Hall–Kier alpha value is -1.53. The van der Waals surface area contributed by atoms with Gasteiger partial charge in [0.15, 0.2) is 11.6 Å². The number of aliphatic carboxylic acids is 1. The second-order valence-electron chi connectivity index (χ2n) is 4.85. The minimum atomic E-state index is -0.904. The zero-order chi connectivity index (χ0) is 14.5. The summed E-state index contributed by atoms with van der Waals surface area (Å²) in [6.07, 6.45) is 0.350. The predicted octanol–water partition coefficient (Wildman–Crippen LogP) is 1.68. The van der Waals surface area contributed by atoms with Crippen molar-refractivity contribution in [1.29, 1.82) is 0 Å². The summed E-state index contributed by atoms with van der Waals surface area (Å²) >= 11 is 0. The lowest BCUT2D eigenvalue weighted by Gasteiger charge is -2.33. The second-order valence-corrected chi connectivity index (χ2v) is 4.85. The minimum absolute atomic E-state index is 0.0288. The molecule has 1 heterocycles. The molecular weight excluding hydrogens is 268 g/mol. The van der Waals surface area contributed by atoms with Gasteiger partial charge in [0, 0.05) is 19.1 Å². The number of benzene rings is 1. The number of morpholine rings is 1. The van der Waals surface area contributed by atoms with Gasteiger partial charge in [-0.3, -0.25) is 9.69 Å². The molecule has 1 N–H and O–H groups in total. The van der Waals surface area contributed by atoms with Gasteiger partial charge in [0.25, 0.3) is 0 Å². The summed E-state index contributed by atoms with van der Waals surface area (Å²) < 4.78 is 31.4. The van der Waals surface area contributed by atoms with Crippen LogP contribution in [0.15, 0.2) is 18.2 Å². The van der Waals surface area contributed by atoms with E-state index >= 15 is 0 Å². The van der Waals surface area contributed by atoms with Gasteiger partial charge in [-0.25, -0.2) is 8.78 Å². The van der Waals surface area contributed by atoms with E-state index in [1.54, 1.807) is 0 Å². The highest BCUT2D eigenvalue weighted by Crippen LogP contribution is 2.16. The first-order chi connectivity index (χ1) is 9.56. The molecule has 110 valence electrons.